The second-order valence-electron chi connectivity index (χ2n) is 16.2. The molecule has 0 aliphatic rings. The third kappa shape index (κ3) is 22.4. The van der Waals surface area contributed by atoms with Gasteiger partial charge in [-0.3, -0.25) is 48.1 Å². The number of carboxylic acid groups (broad SMARTS) is 3. The average molecular weight is 965 g/mol. The van der Waals surface area contributed by atoms with Crippen molar-refractivity contribution in [3.8, 4) is 5.75 Å². The van der Waals surface area contributed by atoms with Crippen LogP contribution in [0.25, 0.3) is 0 Å². The van der Waals surface area contributed by atoms with E-state index >= 15 is 0 Å². The van der Waals surface area contributed by atoms with E-state index in [0.29, 0.717) is 18.4 Å². The van der Waals surface area contributed by atoms with Crippen LogP contribution >= 0.6 is 0 Å². The van der Waals surface area contributed by atoms with E-state index < -0.39 is 133 Å². The highest BCUT2D eigenvalue weighted by Crippen LogP contribution is 2.14. The number of benzene rings is 1. The number of nitrogens with zero attached hydrogens (tertiary/aromatic N) is 1. The Balaban J connectivity index is 3.55. The number of hydrogen-bond donors (Lipinski definition) is 15. The Hall–Kier alpha value is -7.09. The lowest BCUT2D eigenvalue weighted by atomic mass is 9.97. The van der Waals surface area contributed by atoms with Crippen molar-refractivity contribution in [1.29, 1.82) is 0 Å². The molecule has 380 valence electrons. The van der Waals surface area contributed by atoms with Crippen LogP contribution in [0.3, 0.4) is 0 Å². The number of aliphatic imine (C=N–C) groups is 1. The largest absolute Gasteiger partial charge is 0.508 e. The van der Waals surface area contributed by atoms with Crippen LogP contribution in [0, 0.1) is 5.92 Å². The first-order chi connectivity index (χ1) is 31.9. The summed E-state index contributed by atoms with van der Waals surface area (Å²) in [4.78, 5) is 133. The highest BCUT2D eigenvalue weighted by molar-refractivity contribution is 5.98. The monoisotopic (exact) mass is 964 g/mol. The Morgan fingerprint density at radius 2 is 1.10 bits per heavy atom. The van der Waals surface area contributed by atoms with Crippen molar-refractivity contribution in [2.45, 2.75) is 140 Å². The lowest BCUT2D eigenvalue weighted by Crippen LogP contribution is -2.60. The van der Waals surface area contributed by atoms with Crippen LogP contribution < -0.4 is 60.2 Å². The van der Waals surface area contributed by atoms with Crippen molar-refractivity contribution in [3.05, 3.63) is 29.8 Å². The zero-order chi connectivity index (χ0) is 51.7. The molecule has 26 heteroatoms. The number of aliphatic carboxylic acids is 3. The van der Waals surface area contributed by atoms with Gasteiger partial charge in [-0.25, -0.2) is 4.79 Å². The molecule has 9 atom stereocenters. The van der Waals surface area contributed by atoms with Crippen molar-refractivity contribution >= 4 is 65.2 Å². The Labute approximate surface area is 392 Å². The number of amides is 7. The molecule has 0 saturated carbocycles. The minimum atomic E-state index is -1.83. The van der Waals surface area contributed by atoms with Gasteiger partial charge in [0.25, 0.3) is 0 Å². The van der Waals surface area contributed by atoms with Gasteiger partial charge in [0.05, 0.1) is 12.5 Å². The van der Waals surface area contributed by atoms with Gasteiger partial charge in [0.2, 0.25) is 41.4 Å². The van der Waals surface area contributed by atoms with Crippen molar-refractivity contribution in [2.75, 3.05) is 13.1 Å². The quantitative estimate of drug-likeness (QED) is 0.0188. The van der Waals surface area contributed by atoms with E-state index in [1.807, 2.05) is 0 Å². The van der Waals surface area contributed by atoms with Gasteiger partial charge in [-0.2, -0.15) is 0 Å². The molecule has 7 amide bonds. The predicted molar refractivity (Wildman–Crippen MR) is 244 cm³/mol. The van der Waals surface area contributed by atoms with Crippen LogP contribution in [0.2, 0.25) is 0 Å². The van der Waals surface area contributed by atoms with Crippen LogP contribution in [0.5, 0.6) is 5.75 Å². The van der Waals surface area contributed by atoms with Gasteiger partial charge in [-0.05, 0) is 82.5 Å². The molecule has 26 nitrogen and oxygen atoms in total. The van der Waals surface area contributed by atoms with E-state index in [4.69, 9.17) is 28.0 Å². The van der Waals surface area contributed by atoms with Gasteiger partial charge in [-0.1, -0.05) is 32.4 Å². The maximum Gasteiger partial charge on any atom is 0.326 e. The molecule has 19 N–H and O–H groups in total. The number of nitrogens with two attached hydrogens (primary N) is 4. The van der Waals surface area contributed by atoms with Crippen LogP contribution in [0.1, 0.15) is 91.0 Å². The third-order valence-corrected chi connectivity index (χ3v) is 10.4. The highest BCUT2D eigenvalue weighted by Gasteiger charge is 2.35. The molecule has 0 fully saturated rings. The van der Waals surface area contributed by atoms with Crippen molar-refractivity contribution in [1.82, 2.24) is 37.2 Å². The number of hydrogen-bond acceptors (Lipinski definition) is 14. The first-order valence-electron chi connectivity index (χ1n) is 22.0. The minimum Gasteiger partial charge on any atom is -0.508 e. The number of rotatable bonds is 32. The van der Waals surface area contributed by atoms with Gasteiger partial charge < -0.3 is 80.6 Å². The molecular weight excluding hydrogens is 897 g/mol. The summed E-state index contributed by atoms with van der Waals surface area (Å²) in [5.41, 5.74) is 22.6. The zero-order valence-electron chi connectivity index (χ0n) is 38.6. The Morgan fingerprint density at radius 3 is 1.60 bits per heavy atom. The van der Waals surface area contributed by atoms with Gasteiger partial charge in [0.15, 0.2) is 5.96 Å². The maximum absolute atomic E-state index is 14.2. The fourth-order valence-corrected chi connectivity index (χ4v) is 6.26. The zero-order valence-corrected chi connectivity index (χ0v) is 38.6. The number of nitrogens with one attached hydrogen (secondary N) is 7. The molecule has 0 aliphatic carbocycles. The molecular formula is C42H68N12O14. The molecule has 0 bridgehead atoms. The summed E-state index contributed by atoms with van der Waals surface area (Å²) in [6.07, 6.45) is -1.33. The molecule has 1 aromatic carbocycles. The summed E-state index contributed by atoms with van der Waals surface area (Å²) >= 11 is 0. The van der Waals surface area contributed by atoms with Crippen LogP contribution in [-0.2, 0) is 54.4 Å². The molecule has 0 saturated heterocycles. The number of guanidine groups is 1. The summed E-state index contributed by atoms with van der Waals surface area (Å²) in [7, 11) is 0. The molecule has 0 heterocycles. The summed E-state index contributed by atoms with van der Waals surface area (Å²) in [5.74, 6) is -11.7. The Bertz CT molecular complexity index is 1930. The number of phenols is 1. The van der Waals surface area contributed by atoms with Crippen LogP contribution in [-0.4, -0.2) is 147 Å². The SMILES string of the molecule is CC[C@H](C)[C@H](NC(=O)[C@H](C)N)C(=O)N[C@@H](CCC(=O)O)C(=O)N[C@@H](CCCN=C(N)N)C(=O)N[C@@H](Cc1ccc(O)cc1)C(=O)N[C@@H](C)C(=O)N[C@@H](CCCCN)C(=O)N[C@@H](CC(=O)O)C(=O)O. The number of phenolic OH excluding ortho intramolecular Hbond substituents is 1. The highest BCUT2D eigenvalue weighted by atomic mass is 16.4. The number of aromatic hydroxyl groups is 1. The summed E-state index contributed by atoms with van der Waals surface area (Å²) in [5, 5.41) is 55.0. The van der Waals surface area contributed by atoms with Crippen LogP contribution in [0.15, 0.2) is 29.3 Å². The van der Waals surface area contributed by atoms with E-state index in [9.17, 15) is 63.3 Å². The molecule has 68 heavy (non-hydrogen) atoms. The lowest BCUT2D eigenvalue weighted by Gasteiger charge is -2.28. The fourth-order valence-electron chi connectivity index (χ4n) is 6.26. The fraction of sp³-hybridized carbons (Fsp3) is 0.595. The predicted octanol–water partition coefficient (Wildman–Crippen LogP) is -3.65. The number of unbranched alkanes of at least 4 members (excludes halogenated alkanes) is 1. The molecule has 0 spiro atoms. The second kappa shape index (κ2) is 30.2. The van der Waals surface area contributed by atoms with Gasteiger partial charge >= 0.3 is 17.9 Å². The topological polar surface area (TPSA) is 452 Å². The number of carbonyl (C=O) groups is 10. The summed E-state index contributed by atoms with van der Waals surface area (Å²) < 4.78 is 0. The second-order valence-corrected chi connectivity index (χ2v) is 16.2. The molecule has 0 aromatic heterocycles. The Morgan fingerprint density at radius 1 is 0.603 bits per heavy atom. The summed E-state index contributed by atoms with van der Waals surface area (Å²) in [6.45, 7) is 6.26. The standard InChI is InChI=1S/C42H68N12O14/c1-5-21(2)33(54-34(60)22(3)44)40(66)51-28(15-16-31(56)57)38(64)50-27(10-8-18-47-42(45)46)36(62)52-29(19-24-11-13-25(55)14-12-24)39(65)48-23(4)35(61)49-26(9-6-7-17-43)37(63)53-30(41(67)68)20-32(58)59/h11-14,21-23,26-30,33,55H,5-10,15-20,43-44H2,1-4H3,(H,48,65)(H,49,61)(H,50,64)(H,51,66)(H,52,62)(H,53,63)(H,54,60)(H,56,57)(H,58,59)(H,67,68)(H4,45,46,47)/t21-,22-,23-,26-,27-,28-,29-,30-,33-/m0/s1. The third-order valence-electron chi connectivity index (χ3n) is 10.4. The van der Waals surface area contributed by atoms with E-state index in [1.54, 1.807) is 13.8 Å². The molecule has 0 aliphatic heterocycles. The average Bonchev–Trinajstić information content (AvgIpc) is 3.26. The summed E-state index contributed by atoms with van der Waals surface area (Å²) in [6, 6.07) is -5.86. The maximum atomic E-state index is 14.2. The van der Waals surface area contributed by atoms with E-state index in [2.05, 4.69) is 42.2 Å². The molecule has 1 rings (SSSR count). The lowest BCUT2D eigenvalue weighted by molar-refractivity contribution is -0.147. The van der Waals surface area contributed by atoms with Crippen molar-refractivity contribution in [3.63, 3.8) is 0 Å². The molecule has 0 radical (unpaired) electrons. The number of carbonyl (C=O) groups excluding carboxylic acids is 7. The Kier molecular flexibility index (Phi) is 26.2. The van der Waals surface area contributed by atoms with E-state index in [1.165, 1.54) is 38.1 Å². The van der Waals surface area contributed by atoms with Gasteiger partial charge in [0, 0.05) is 19.4 Å². The minimum absolute atomic E-state index is 0.0250. The van der Waals surface area contributed by atoms with Gasteiger partial charge in [-0.15, -0.1) is 0 Å². The van der Waals surface area contributed by atoms with E-state index in [-0.39, 0.29) is 56.9 Å². The van der Waals surface area contributed by atoms with Gasteiger partial charge in [0.1, 0.15) is 48.0 Å². The normalized spacial score (nSPS) is 14.9. The van der Waals surface area contributed by atoms with Crippen molar-refractivity contribution < 1.29 is 68.4 Å². The first-order valence-corrected chi connectivity index (χ1v) is 22.0. The van der Waals surface area contributed by atoms with Crippen molar-refractivity contribution in [2.24, 2.45) is 33.8 Å². The number of carboxylic acids is 3. The molecule has 0 unspecified atom stereocenters. The first kappa shape index (κ1) is 58.9. The van der Waals surface area contributed by atoms with Crippen LogP contribution in [0.4, 0.5) is 0 Å². The molecule has 1 aromatic rings. The smallest absolute Gasteiger partial charge is 0.326 e. The van der Waals surface area contributed by atoms with E-state index in [0.717, 1.165) is 0 Å².